The fourth-order valence-corrected chi connectivity index (χ4v) is 4.29. The lowest BCUT2D eigenvalue weighted by Crippen LogP contribution is -2.13. The van der Waals surface area contributed by atoms with Crippen molar-refractivity contribution in [2.24, 2.45) is 0 Å². The van der Waals surface area contributed by atoms with Crippen LogP contribution in [0.3, 0.4) is 0 Å². The average Bonchev–Trinajstić information content (AvgIpc) is 3.57. The van der Waals surface area contributed by atoms with Crippen molar-refractivity contribution in [3.63, 3.8) is 0 Å². The number of rotatable bonds is 6. The van der Waals surface area contributed by atoms with E-state index in [0.29, 0.717) is 50.0 Å². The first-order valence-electron chi connectivity index (χ1n) is 11.5. The lowest BCUT2D eigenvalue weighted by molar-refractivity contribution is 0.102. The summed E-state index contributed by atoms with van der Waals surface area (Å²) in [6, 6.07) is 17.4. The summed E-state index contributed by atoms with van der Waals surface area (Å²) in [6.45, 7) is 6.07. The van der Waals surface area contributed by atoms with E-state index in [9.17, 15) is 9.18 Å². The van der Waals surface area contributed by atoms with Crippen molar-refractivity contribution >= 4 is 34.7 Å². The Hall–Kier alpha value is -4.15. The van der Waals surface area contributed by atoms with E-state index in [4.69, 9.17) is 20.9 Å². The number of ether oxygens (including phenoxy) is 1. The first-order valence-corrected chi connectivity index (χ1v) is 12.6. The minimum atomic E-state index is -0.350. The summed E-state index contributed by atoms with van der Waals surface area (Å²) in [5.74, 6) is 1.05. The van der Waals surface area contributed by atoms with Gasteiger partial charge in [-0.15, -0.1) is 0 Å². The van der Waals surface area contributed by atoms with Gasteiger partial charge in [-0.3, -0.25) is 4.79 Å². The summed E-state index contributed by atoms with van der Waals surface area (Å²) in [4.78, 5) is 21.5. The molecule has 2 heterocycles. The first-order chi connectivity index (χ1) is 18.2. The van der Waals surface area contributed by atoms with Gasteiger partial charge >= 0.3 is 0 Å². The van der Waals surface area contributed by atoms with Crippen molar-refractivity contribution in [1.82, 2.24) is 19.5 Å². The molecule has 2 aromatic heterocycles. The molecule has 0 aliphatic heterocycles. The van der Waals surface area contributed by atoms with Crippen molar-refractivity contribution in [1.29, 1.82) is 0 Å². The molecule has 0 bridgehead atoms. The third-order valence-electron chi connectivity index (χ3n) is 5.39. The summed E-state index contributed by atoms with van der Waals surface area (Å²) in [5, 5.41) is 7.50. The van der Waals surface area contributed by atoms with Crippen LogP contribution >= 0.6 is 23.1 Å². The number of nitrogens with zero attached hydrogens (tertiary/aromatic N) is 4. The molecule has 0 atom stereocenters. The van der Waals surface area contributed by atoms with Crippen molar-refractivity contribution < 1.29 is 18.4 Å². The molecular weight excluding hydrogens is 529 g/mol. The molecule has 3 aromatic carbocycles. The van der Waals surface area contributed by atoms with Crippen molar-refractivity contribution in [3.05, 3.63) is 89.0 Å². The van der Waals surface area contributed by atoms with E-state index in [-0.39, 0.29) is 23.0 Å². The summed E-state index contributed by atoms with van der Waals surface area (Å²) in [7, 11) is 0. The van der Waals surface area contributed by atoms with E-state index >= 15 is 0 Å². The smallest absolute Gasteiger partial charge is 0.298 e. The van der Waals surface area contributed by atoms with Crippen molar-refractivity contribution in [2.45, 2.75) is 26.2 Å². The zero-order valence-corrected chi connectivity index (χ0v) is 22.1. The van der Waals surface area contributed by atoms with E-state index in [1.54, 1.807) is 54.6 Å². The van der Waals surface area contributed by atoms with Crippen LogP contribution in [0.1, 0.15) is 37.0 Å². The van der Waals surface area contributed by atoms with Gasteiger partial charge in [0.25, 0.3) is 17.0 Å². The normalized spacial score (nSPS) is 11.4. The number of hydrogen-bond acceptors (Lipinski definition) is 8. The number of carbonyl (C=O) groups is 1. The van der Waals surface area contributed by atoms with Gasteiger partial charge in [0.2, 0.25) is 5.82 Å². The van der Waals surface area contributed by atoms with Crippen LogP contribution < -0.4 is 10.1 Å². The number of halogens is 2. The third kappa shape index (κ3) is 5.71. The quantitative estimate of drug-likeness (QED) is 0.235. The molecule has 0 radical (unpaired) electrons. The maximum atomic E-state index is 13.1. The Balaban J connectivity index is 1.24. The molecular formula is C27H21ClFN5O3S. The Morgan fingerprint density at radius 3 is 2.37 bits per heavy atom. The van der Waals surface area contributed by atoms with Gasteiger partial charge in [-0.2, -0.15) is 14.3 Å². The van der Waals surface area contributed by atoms with Crippen LogP contribution in [0.15, 0.2) is 71.3 Å². The predicted octanol–water partition coefficient (Wildman–Crippen LogP) is 7.39. The van der Waals surface area contributed by atoms with Crippen LogP contribution in [-0.4, -0.2) is 25.4 Å². The van der Waals surface area contributed by atoms with Crippen LogP contribution in [0.25, 0.3) is 22.8 Å². The Morgan fingerprint density at radius 1 is 1.00 bits per heavy atom. The van der Waals surface area contributed by atoms with Gasteiger partial charge in [-0.25, -0.2) is 4.39 Å². The predicted molar refractivity (Wildman–Crippen MR) is 143 cm³/mol. The molecule has 1 amide bonds. The van der Waals surface area contributed by atoms with E-state index in [1.807, 2.05) is 20.8 Å². The molecule has 38 heavy (non-hydrogen) atoms. The highest BCUT2D eigenvalue weighted by Crippen LogP contribution is 2.34. The summed E-state index contributed by atoms with van der Waals surface area (Å²) < 4.78 is 28.5. The SMILES string of the molecule is CC(C)(C)c1nsc(Oc2ccc(NC(=O)c3ccc(-c4noc(-c5ccc(F)cc5)n4)cc3)cc2Cl)n1. The Morgan fingerprint density at radius 2 is 1.71 bits per heavy atom. The molecule has 11 heteroatoms. The minimum Gasteiger partial charge on any atom is -0.428 e. The van der Waals surface area contributed by atoms with Crippen molar-refractivity contribution in [2.75, 3.05) is 5.32 Å². The second-order valence-corrected chi connectivity index (χ2v) is 10.5. The lowest BCUT2D eigenvalue weighted by Gasteiger charge is -2.12. The molecule has 0 spiro atoms. The number of carbonyl (C=O) groups excluding carboxylic acids is 1. The van der Waals surface area contributed by atoms with E-state index in [1.165, 1.54) is 12.1 Å². The number of nitrogens with one attached hydrogen (secondary N) is 1. The highest BCUT2D eigenvalue weighted by molar-refractivity contribution is 7.07. The number of aromatic nitrogens is 4. The molecule has 0 fully saturated rings. The average molecular weight is 550 g/mol. The largest absolute Gasteiger partial charge is 0.428 e. The van der Waals surface area contributed by atoms with E-state index < -0.39 is 0 Å². The highest BCUT2D eigenvalue weighted by Gasteiger charge is 2.21. The van der Waals surface area contributed by atoms with Crippen LogP contribution in [0, 0.1) is 5.82 Å². The van der Waals surface area contributed by atoms with Gasteiger partial charge in [-0.1, -0.05) is 49.7 Å². The maximum Gasteiger partial charge on any atom is 0.298 e. The van der Waals surface area contributed by atoms with Crippen LogP contribution in [0.5, 0.6) is 10.9 Å². The fraction of sp³-hybridized carbons (Fsp3) is 0.148. The Labute approximate surface area is 226 Å². The molecule has 0 unspecified atom stereocenters. The standard InChI is InChI=1S/C27H21ClFN5O3S/c1-27(2,3)25-32-26(38-34-25)36-21-13-12-19(14-20(21)28)30-23(35)16-6-4-15(5-7-16)22-31-24(37-33-22)17-8-10-18(29)11-9-17/h4-14H,1-3H3,(H,30,35). The van der Waals surface area contributed by atoms with Gasteiger partial charge in [-0.05, 0) is 54.6 Å². The first kappa shape index (κ1) is 25.5. The summed E-state index contributed by atoms with van der Waals surface area (Å²) >= 11 is 7.54. The zero-order chi connectivity index (χ0) is 26.9. The van der Waals surface area contributed by atoms with E-state index in [2.05, 4.69) is 24.8 Å². The third-order valence-corrected chi connectivity index (χ3v) is 6.28. The molecule has 1 N–H and O–H groups in total. The monoisotopic (exact) mass is 549 g/mol. The molecule has 192 valence electrons. The number of anilines is 1. The van der Waals surface area contributed by atoms with Gasteiger partial charge < -0.3 is 14.6 Å². The second-order valence-electron chi connectivity index (χ2n) is 9.34. The number of amides is 1. The Kier molecular flexibility index (Phi) is 6.92. The summed E-state index contributed by atoms with van der Waals surface area (Å²) in [6.07, 6.45) is 0. The number of hydrogen-bond donors (Lipinski definition) is 1. The van der Waals surface area contributed by atoms with Gasteiger partial charge in [0.15, 0.2) is 5.82 Å². The Bertz CT molecular complexity index is 1590. The molecule has 5 aromatic rings. The number of benzene rings is 3. The van der Waals surface area contributed by atoms with Gasteiger partial charge in [0.1, 0.15) is 11.6 Å². The van der Waals surface area contributed by atoms with Crippen LogP contribution in [0.4, 0.5) is 10.1 Å². The zero-order valence-electron chi connectivity index (χ0n) is 20.5. The van der Waals surface area contributed by atoms with Crippen LogP contribution in [0.2, 0.25) is 5.02 Å². The lowest BCUT2D eigenvalue weighted by atomic mass is 9.96. The molecule has 0 aliphatic rings. The molecule has 8 nitrogen and oxygen atoms in total. The van der Waals surface area contributed by atoms with Crippen LogP contribution in [-0.2, 0) is 5.41 Å². The second kappa shape index (κ2) is 10.3. The molecule has 0 saturated heterocycles. The summed E-state index contributed by atoms with van der Waals surface area (Å²) in [5.41, 5.74) is 2.01. The molecule has 5 rings (SSSR count). The van der Waals surface area contributed by atoms with Gasteiger partial charge in [0, 0.05) is 39.3 Å². The molecule has 0 aliphatic carbocycles. The fourth-order valence-electron chi connectivity index (χ4n) is 3.34. The molecule has 0 saturated carbocycles. The van der Waals surface area contributed by atoms with Gasteiger partial charge in [0.05, 0.1) is 5.02 Å². The van der Waals surface area contributed by atoms with E-state index in [0.717, 1.165) is 11.5 Å². The highest BCUT2D eigenvalue weighted by atomic mass is 35.5. The minimum absolute atomic E-state index is 0.188. The maximum absolute atomic E-state index is 13.1. The van der Waals surface area contributed by atoms with Crippen molar-refractivity contribution in [3.8, 4) is 33.8 Å². The topological polar surface area (TPSA) is 103 Å².